The van der Waals surface area contributed by atoms with Crippen LogP contribution in [-0.4, -0.2) is 16.1 Å². The van der Waals surface area contributed by atoms with E-state index < -0.39 is 11.7 Å². The molecule has 0 saturated carbocycles. The van der Waals surface area contributed by atoms with Gasteiger partial charge in [-0.15, -0.1) is 0 Å². The third kappa shape index (κ3) is 2.59. The number of nitrogens with one attached hydrogen (secondary N) is 1. The van der Waals surface area contributed by atoms with E-state index in [-0.39, 0.29) is 11.3 Å². The van der Waals surface area contributed by atoms with Crippen LogP contribution in [0.15, 0.2) is 36.4 Å². The van der Waals surface area contributed by atoms with E-state index >= 15 is 0 Å². The molecule has 0 unspecified atom stereocenters. The number of amides is 1. The zero-order chi connectivity index (χ0) is 14.7. The summed E-state index contributed by atoms with van der Waals surface area (Å²) in [4.78, 5) is 12.2. The minimum Gasteiger partial charge on any atom is -0.504 e. The van der Waals surface area contributed by atoms with Gasteiger partial charge in [-0.1, -0.05) is 31.2 Å². The maximum Gasteiger partial charge on any atom is 0.259 e. The van der Waals surface area contributed by atoms with Gasteiger partial charge < -0.3 is 15.5 Å². The van der Waals surface area contributed by atoms with Crippen LogP contribution < -0.4 is 5.32 Å². The Bertz CT molecular complexity index is 650. The molecule has 3 N–H and O–H groups in total. The molecule has 2 rings (SSSR count). The predicted molar refractivity (Wildman–Crippen MR) is 78.3 cm³/mol. The molecule has 0 radical (unpaired) electrons. The highest BCUT2D eigenvalue weighted by Gasteiger charge is 2.16. The Hall–Kier alpha value is -2.49. The van der Waals surface area contributed by atoms with E-state index in [9.17, 15) is 15.0 Å². The van der Waals surface area contributed by atoms with Crippen LogP contribution in [0.5, 0.6) is 11.5 Å². The lowest BCUT2D eigenvalue weighted by atomic mass is 10.1. The molecule has 20 heavy (non-hydrogen) atoms. The van der Waals surface area contributed by atoms with Crippen LogP contribution in [0.2, 0.25) is 0 Å². The van der Waals surface area contributed by atoms with Gasteiger partial charge in [0.25, 0.3) is 5.91 Å². The molecule has 1 amide bonds. The molecular weight excluding hydrogens is 254 g/mol. The number of rotatable bonds is 3. The average molecular weight is 271 g/mol. The van der Waals surface area contributed by atoms with E-state index in [0.29, 0.717) is 0 Å². The van der Waals surface area contributed by atoms with E-state index in [4.69, 9.17) is 0 Å². The molecule has 0 bridgehead atoms. The fourth-order valence-electron chi connectivity index (χ4n) is 2.10. The van der Waals surface area contributed by atoms with E-state index in [1.165, 1.54) is 18.2 Å². The SMILES string of the molecule is CCc1cccc(C)c1NC(=O)c1cccc(O)c1O. The summed E-state index contributed by atoms with van der Waals surface area (Å²) >= 11 is 0. The lowest BCUT2D eigenvalue weighted by Gasteiger charge is -2.13. The number of phenols is 2. The predicted octanol–water partition coefficient (Wildman–Crippen LogP) is 3.22. The normalized spacial score (nSPS) is 10.3. The highest BCUT2D eigenvalue weighted by molar-refractivity contribution is 6.07. The molecule has 0 spiro atoms. The zero-order valence-electron chi connectivity index (χ0n) is 11.5. The largest absolute Gasteiger partial charge is 0.504 e. The molecule has 104 valence electrons. The van der Waals surface area contributed by atoms with Crippen molar-refractivity contribution >= 4 is 11.6 Å². The van der Waals surface area contributed by atoms with Gasteiger partial charge in [0.15, 0.2) is 11.5 Å². The second kappa shape index (κ2) is 5.65. The second-order valence-electron chi connectivity index (χ2n) is 4.59. The van der Waals surface area contributed by atoms with Crippen LogP contribution in [0.1, 0.15) is 28.4 Å². The molecule has 0 saturated heterocycles. The topological polar surface area (TPSA) is 69.6 Å². The van der Waals surface area contributed by atoms with Crippen molar-refractivity contribution in [3.05, 3.63) is 53.1 Å². The number of aryl methyl sites for hydroxylation is 2. The minimum absolute atomic E-state index is 0.0512. The van der Waals surface area contributed by atoms with Gasteiger partial charge in [-0.3, -0.25) is 4.79 Å². The first-order chi connectivity index (χ1) is 9.54. The Kier molecular flexibility index (Phi) is 3.94. The van der Waals surface area contributed by atoms with Crippen LogP contribution in [0.3, 0.4) is 0 Å². The molecular formula is C16H17NO3. The van der Waals surface area contributed by atoms with Crippen molar-refractivity contribution in [2.24, 2.45) is 0 Å². The maximum atomic E-state index is 12.2. The monoisotopic (exact) mass is 271 g/mol. The van der Waals surface area contributed by atoms with E-state index in [0.717, 1.165) is 23.2 Å². The number of carbonyl (C=O) groups excluding carboxylic acids is 1. The summed E-state index contributed by atoms with van der Waals surface area (Å²) in [5.41, 5.74) is 2.79. The Labute approximate surface area is 117 Å². The highest BCUT2D eigenvalue weighted by Crippen LogP contribution is 2.29. The first-order valence-electron chi connectivity index (χ1n) is 6.45. The summed E-state index contributed by atoms with van der Waals surface area (Å²) in [5.74, 6) is -1.16. The third-order valence-electron chi connectivity index (χ3n) is 3.24. The lowest BCUT2D eigenvalue weighted by molar-refractivity contribution is 0.102. The summed E-state index contributed by atoms with van der Waals surface area (Å²) in [6.45, 7) is 3.92. The molecule has 0 aliphatic rings. The fraction of sp³-hybridized carbons (Fsp3) is 0.188. The van der Waals surface area contributed by atoms with Crippen molar-refractivity contribution < 1.29 is 15.0 Å². The number of aromatic hydroxyl groups is 2. The number of carbonyl (C=O) groups is 1. The van der Waals surface area contributed by atoms with Gasteiger partial charge in [-0.2, -0.15) is 0 Å². The zero-order valence-corrected chi connectivity index (χ0v) is 11.5. The van der Waals surface area contributed by atoms with Crippen molar-refractivity contribution in [3.8, 4) is 11.5 Å². The van der Waals surface area contributed by atoms with Gasteiger partial charge in [-0.05, 0) is 36.6 Å². The molecule has 0 heterocycles. The molecule has 4 nitrogen and oxygen atoms in total. The molecule has 0 aliphatic heterocycles. The van der Waals surface area contributed by atoms with Gasteiger partial charge in [0.05, 0.1) is 5.56 Å². The van der Waals surface area contributed by atoms with Crippen molar-refractivity contribution in [1.29, 1.82) is 0 Å². The maximum absolute atomic E-state index is 12.2. The van der Waals surface area contributed by atoms with Crippen LogP contribution in [0.4, 0.5) is 5.69 Å². The first-order valence-corrected chi connectivity index (χ1v) is 6.45. The number of phenolic OH excluding ortho intramolecular Hbond substituents is 2. The standard InChI is InChI=1S/C16H17NO3/c1-3-11-7-4-6-10(2)14(11)17-16(20)12-8-5-9-13(18)15(12)19/h4-9,18-19H,3H2,1-2H3,(H,17,20). The van der Waals surface area contributed by atoms with Gasteiger partial charge in [0.2, 0.25) is 0 Å². The lowest BCUT2D eigenvalue weighted by Crippen LogP contribution is -2.14. The first kappa shape index (κ1) is 13.9. The van der Waals surface area contributed by atoms with Crippen LogP contribution in [0, 0.1) is 6.92 Å². The van der Waals surface area contributed by atoms with Gasteiger partial charge >= 0.3 is 0 Å². The Morgan fingerprint density at radius 2 is 1.85 bits per heavy atom. The van der Waals surface area contributed by atoms with Crippen molar-refractivity contribution in [2.75, 3.05) is 5.32 Å². The Morgan fingerprint density at radius 1 is 1.15 bits per heavy atom. The Balaban J connectivity index is 2.35. The van der Waals surface area contributed by atoms with Crippen LogP contribution in [0.25, 0.3) is 0 Å². The Morgan fingerprint density at radius 3 is 2.55 bits per heavy atom. The van der Waals surface area contributed by atoms with Crippen LogP contribution in [-0.2, 0) is 6.42 Å². The fourth-order valence-corrected chi connectivity index (χ4v) is 2.10. The van der Waals surface area contributed by atoms with Crippen molar-refractivity contribution in [1.82, 2.24) is 0 Å². The van der Waals surface area contributed by atoms with Crippen molar-refractivity contribution in [3.63, 3.8) is 0 Å². The highest BCUT2D eigenvalue weighted by atomic mass is 16.3. The molecule has 0 aliphatic carbocycles. The summed E-state index contributed by atoms with van der Waals surface area (Å²) in [6.07, 6.45) is 0.795. The third-order valence-corrected chi connectivity index (χ3v) is 3.24. The molecule has 0 fully saturated rings. The van der Waals surface area contributed by atoms with E-state index in [2.05, 4.69) is 5.32 Å². The smallest absolute Gasteiger partial charge is 0.259 e. The number of benzene rings is 2. The molecule has 2 aromatic rings. The van der Waals surface area contributed by atoms with Gasteiger partial charge in [0, 0.05) is 5.69 Å². The number of hydrogen-bond donors (Lipinski definition) is 3. The molecule has 2 aromatic carbocycles. The van der Waals surface area contributed by atoms with E-state index in [1.807, 2.05) is 32.0 Å². The quantitative estimate of drug-likeness (QED) is 0.751. The van der Waals surface area contributed by atoms with Crippen molar-refractivity contribution in [2.45, 2.75) is 20.3 Å². The summed E-state index contributed by atoms with van der Waals surface area (Å²) in [7, 11) is 0. The number of para-hydroxylation sites is 2. The summed E-state index contributed by atoms with van der Waals surface area (Å²) in [5, 5.41) is 22.0. The summed E-state index contributed by atoms with van der Waals surface area (Å²) < 4.78 is 0. The molecule has 0 aromatic heterocycles. The second-order valence-corrected chi connectivity index (χ2v) is 4.59. The molecule has 0 atom stereocenters. The van der Waals surface area contributed by atoms with Crippen LogP contribution >= 0.6 is 0 Å². The number of anilines is 1. The summed E-state index contributed by atoms with van der Waals surface area (Å²) in [6, 6.07) is 10.1. The minimum atomic E-state index is -0.442. The van der Waals surface area contributed by atoms with Gasteiger partial charge in [-0.25, -0.2) is 0 Å². The van der Waals surface area contributed by atoms with Gasteiger partial charge in [0.1, 0.15) is 0 Å². The molecule has 4 heteroatoms. The average Bonchev–Trinajstić information content (AvgIpc) is 2.44. The number of hydrogen-bond acceptors (Lipinski definition) is 3. The van der Waals surface area contributed by atoms with E-state index in [1.54, 1.807) is 0 Å².